The van der Waals surface area contributed by atoms with Crippen LogP contribution in [0.1, 0.15) is 12.6 Å². The molecule has 0 aliphatic carbocycles. The molecule has 3 amide bonds. The molecule has 2 rings (SSSR count). The van der Waals surface area contributed by atoms with E-state index in [0.29, 0.717) is 0 Å². The van der Waals surface area contributed by atoms with Gasteiger partial charge in [0.2, 0.25) is 5.91 Å². The van der Waals surface area contributed by atoms with Gasteiger partial charge >= 0.3 is 45.8 Å². The van der Waals surface area contributed by atoms with E-state index in [-0.39, 0.29) is 57.2 Å². The van der Waals surface area contributed by atoms with Crippen LogP contribution in [0.3, 0.4) is 0 Å². The Kier molecular flexibility index (Phi) is 11.8. The average molecular weight is 552 g/mol. The number of nitrogens with zero attached hydrogens (tertiary/aromatic N) is 3. The Morgan fingerprint density at radius 2 is 2.06 bits per heavy atom. The molecule has 1 aliphatic heterocycles. The summed E-state index contributed by atoms with van der Waals surface area (Å²) < 4.78 is 41.8. The van der Waals surface area contributed by atoms with Crippen molar-refractivity contribution in [3.8, 4) is 0 Å². The molecule has 1 saturated heterocycles. The van der Waals surface area contributed by atoms with Gasteiger partial charge in [-0.2, -0.15) is 12.7 Å². The molecular weight excluding hydrogens is 533 g/mol. The van der Waals surface area contributed by atoms with E-state index in [0.717, 1.165) is 18.4 Å². The van der Waals surface area contributed by atoms with Crippen LogP contribution in [0.2, 0.25) is 0 Å². The van der Waals surface area contributed by atoms with E-state index < -0.39 is 58.6 Å². The molecule has 0 unspecified atom stereocenters. The van der Waals surface area contributed by atoms with Crippen LogP contribution < -0.4 is 10.6 Å². The molecule has 2 atom stereocenters. The molecule has 0 saturated carbocycles. The molecular formula is C15H19ClN5NaO10S2. The number of alkyl halides is 1. The molecule has 0 radical (unpaired) electrons. The van der Waals surface area contributed by atoms with Gasteiger partial charge in [0, 0.05) is 5.38 Å². The quantitative estimate of drug-likeness (QED) is 0.0524. The van der Waals surface area contributed by atoms with Crippen LogP contribution in [0.5, 0.6) is 0 Å². The number of esters is 1. The van der Waals surface area contributed by atoms with E-state index in [1.54, 1.807) is 0 Å². The summed E-state index contributed by atoms with van der Waals surface area (Å²) in [7, 11) is -3.91. The Morgan fingerprint density at radius 3 is 2.62 bits per heavy atom. The number of ether oxygens (including phenoxy) is 2. The van der Waals surface area contributed by atoms with E-state index in [9.17, 15) is 32.1 Å². The molecule has 184 valence electrons. The fourth-order valence-electron chi connectivity index (χ4n) is 2.43. The Hall–Kier alpha value is -1.86. The van der Waals surface area contributed by atoms with Gasteiger partial charge in [0.05, 0.1) is 6.61 Å². The second kappa shape index (κ2) is 13.3. The Balaban J connectivity index is 0.00000578. The first-order chi connectivity index (χ1) is 15.5. The van der Waals surface area contributed by atoms with Crippen molar-refractivity contribution >= 4 is 97.3 Å². The van der Waals surface area contributed by atoms with E-state index in [1.807, 2.05) is 0 Å². The van der Waals surface area contributed by atoms with Gasteiger partial charge in [-0.15, -0.1) is 22.9 Å². The first-order valence-electron chi connectivity index (χ1n) is 8.85. The van der Waals surface area contributed by atoms with Crippen LogP contribution in [-0.4, -0.2) is 120 Å². The summed E-state index contributed by atoms with van der Waals surface area (Å²) in [6.45, 7) is 0.782. The summed E-state index contributed by atoms with van der Waals surface area (Å²) in [5.41, 5.74) is -0.478. The predicted molar refractivity (Wildman–Crippen MR) is 119 cm³/mol. The summed E-state index contributed by atoms with van der Waals surface area (Å²) in [6, 6.07) is -1.61. The van der Waals surface area contributed by atoms with E-state index in [4.69, 9.17) is 16.3 Å². The van der Waals surface area contributed by atoms with Crippen molar-refractivity contribution in [1.82, 2.24) is 14.6 Å². The van der Waals surface area contributed by atoms with Crippen LogP contribution in [0.15, 0.2) is 10.5 Å². The number of aromatic nitrogens is 1. The normalized spacial score (nSPS) is 17.8. The molecule has 1 aromatic heterocycles. The van der Waals surface area contributed by atoms with Gasteiger partial charge in [-0.25, -0.2) is 9.78 Å². The summed E-state index contributed by atoms with van der Waals surface area (Å²) in [5, 5.41) is 9.54. The number of halogens is 1. The van der Waals surface area contributed by atoms with Crippen LogP contribution >= 0.6 is 22.9 Å². The van der Waals surface area contributed by atoms with Crippen molar-refractivity contribution in [2.75, 3.05) is 31.5 Å². The molecule has 1 aromatic rings. The van der Waals surface area contributed by atoms with Crippen molar-refractivity contribution in [1.29, 1.82) is 0 Å². The number of oxime groups is 1. The number of carbonyl (C=O) groups is 4. The minimum absolute atomic E-state index is 0. The summed E-state index contributed by atoms with van der Waals surface area (Å²) in [5.74, 6) is -4.00. The number of rotatable bonds is 11. The Bertz CT molecular complexity index is 1070. The second-order valence-electron chi connectivity index (χ2n) is 5.91. The van der Waals surface area contributed by atoms with Crippen molar-refractivity contribution in [3.05, 3.63) is 11.1 Å². The maximum absolute atomic E-state index is 12.7. The topological polar surface area (TPSA) is 203 Å². The second-order valence-corrected chi connectivity index (χ2v) is 8.33. The number of thiazole rings is 1. The molecule has 19 heteroatoms. The summed E-state index contributed by atoms with van der Waals surface area (Å²) in [4.78, 5) is 56.4. The van der Waals surface area contributed by atoms with Crippen molar-refractivity contribution in [2.45, 2.75) is 19.2 Å². The van der Waals surface area contributed by atoms with Gasteiger partial charge in [-0.05, 0) is 6.92 Å². The minimum atomic E-state index is -5.05. The molecule has 1 aliphatic rings. The standard InChI is InChI=1S/C15H18ClN5O10S2.Na.H/c1-3-30-9(23)5-31-14-11(13(25)21(14)33(26,27)28)19-12(24)10(20-29-2)7-6-32-15(17-7)18-8(22)4-16;;/h6,11,14H,3-5H2,1-2H3,(H,19,24)(H,17,18,22)(H,26,27,28);;/t11-,14-;;/m1../s1. The van der Waals surface area contributed by atoms with E-state index in [2.05, 4.69) is 30.3 Å². The SMILES string of the molecule is CCOC(=O)CO[C@@H]1[C@H](NC(=O)C(=NOC)c2csc(NC(=O)CCl)n2)C(=O)N1S(=O)(=O)O.[NaH]. The zero-order valence-electron chi connectivity index (χ0n) is 17.0. The first-order valence-corrected chi connectivity index (χ1v) is 11.7. The molecule has 15 nitrogen and oxygen atoms in total. The van der Waals surface area contributed by atoms with Crippen LogP contribution in [-0.2, 0) is 43.8 Å². The van der Waals surface area contributed by atoms with Gasteiger partial charge in [0.15, 0.2) is 23.1 Å². The van der Waals surface area contributed by atoms with Crippen LogP contribution in [0.4, 0.5) is 5.13 Å². The van der Waals surface area contributed by atoms with Gasteiger partial charge < -0.3 is 24.9 Å². The zero-order chi connectivity index (χ0) is 24.8. The Labute approximate surface area is 224 Å². The fourth-order valence-corrected chi connectivity index (χ4v) is 4.00. The van der Waals surface area contributed by atoms with Crippen molar-refractivity contribution in [3.63, 3.8) is 0 Å². The van der Waals surface area contributed by atoms with Crippen LogP contribution in [0, 0.1) is 0 Å². The zero-order valence-corrected chi connectivity index (χ0v) is 19.4. The van der Waals surface area contributed by atoms with Crippen molar-refractivity contribution in [2.24, 2.45) is 5.16 Å². The van der Waals surface area contributed by atoms with Gasteiger partial charge in [-0.1, -0.05) is 5.16 Å². The van der Waals surface area contributed by atoms with Gasteiger partial charge in [-0.3, -0.25) is 18.9 Å². The molecule has 1 fully saturated rings. The number of anilines is 1. The predicted octanol–water partition coefficient (Wildman–Crippen LogP) is -1.94. The summed E-state index contributed by atoms with van der Waals surface area (Å²) in [6.07, 6.45) is -1.74. The third kappa shape index (κ3) is 7.57. The van der Waals surface area contributed by atoms with Crippen molar-refractivity contribution < 1.29 is 46.5 Å². The number of amides is 3. The monoisotopic (exact) mass is 551 g/mol. The fraction of sp³-hybridized carbons (Fsp3) is 0.467. The average Bonchev–Trinajstić information content (AvgIpc) is 3.19. The molecule has 0 bridgehead atoms. The maximum atomic E-state index is 12.7. The van der Waals surface area contributed by atoms with E-state index in [1.165, 1.54) is 12.3 Å². The number of β-lactam (4-membered cyclic amide) rings is 1. The number of nitrogens with one attached hydrogen (secondary N) is 2. The molecule has 0 aromatic carbocycles. The number of hydrogen-bond donors (Lipinski definition) is 3. The van der Waals surface area contributed by atoms with Gasteiger partial charge in [0.1, 0.15) is 25.3 Å². The van der Waals surface area contributed by atoms with Crippen LogP contribution in [0.25, 0.3) is 0 Å². The Morgan fingerprint density at radius 1 is 1.38 bits per heavy atom. The molecule has 0 spiro atoms. The third-order valence-electron chi connectivity index (χ3n) is 3.72. The molecule has 34 heavy (non-hydrogen) atoms. The van der Waals surface area contributed by atoms with E-state index >= 15 is 0 Å². The first kappa shape index (κ1) is 30.2. The molecule has 2 heterocycles. The third-order valence-corrected chi connectivity index (χ3v) is 5.61. The number of carbonyl (C=O) groups excluding carboxylic acids is 4. The summed E-state index contributed by atoms with van der Waals surface area (Å²) >= 11 is 6.35. The molecule has 3 N–H and O–H groups in total. The van der Waals surface area contributed by atoms with Gasteiger partial charge in [0.25, 0.3) is 11.8 Å². The number of hydrogen-bond acceptors (Lipinski definition) is 12.